The van der Waals surface area contributed by atoms with Gasteiger partial charge in [-0.25, -0.2) is 14.8 Å². The number of rotatable bonds is 4. The highest BCUT2D eigenvalue weighted by Crippen LogP contribution is 2.20. The van der Waals surface area contributed by atoms with Crippen LogP contribution in [0.15, 0.2) is 24.7 Å². The zero-order chi connectivity index (χ0) is 15.4. The highest BCUT2D eigenvalue weighted by molar-refractivity contribution is 7.11. The van der Waals surface area contributed by atoms with Crippen molar-refractivity contribution in [3.05, 3.63) is 34.4 Å². The molecule has 0 unspecified atom stereocenters. The van der Waals surface area contributed by atoms with Crippen LogP contribution >= 0.6 is 11.3 Å². The molecule has 7 heteroatoms. The van der Waals surface area contributed by atoms with Gasteiger partial charge >= 0.3 is 6.03 Å². The van der Waals surface area contributed by atoms with Gasteiger partial charge in [-0.2, -0.15) is 0 Å². The van der Waals surface area contributed by atoms with Gasteiger partial charge in [-0.1, -0.05) is 0 Å². The van der Waals surface area contributed by atoms with E-state index in [9.17, 15) is 4.79 Å². The summed E-state index contributed by atoms with van der Waals surface area (Å²) in [6.45, 7) is 2.63. The van der Waals surface area contributed by atoms with E-state index in [-0.39, 0.29) is 6.03 Å². The van der Waals surface area contributed by atoms with Crippen LogP contribution in [0.1, 0.15) is 9.75 Å². The van der Waals surface area contributed by atoms with Crippen molar-refractivity contribution in [2.45, 2.75) is 13.5 Å². The molecule has 0 aromatic carbocycles. The summed E-state index contributed by atoms with van der Waals surface area (Å²) < 4.78 is 0. The lowest BCUT2D eigenvalue weighted by Crippen LogP contribution is -2.31. The van der Waals surface area contributed by atoms with E-state index in [2.05, 4.69) is 28.3 Å². The number of hydrogen-bond acceptors (Lipinski definition) is 5. The van der Waals surface area contributed by atoms with Crippen molar-refractivity contribution in [2.24, 2.45) is 0 Å². The second kappa shape index (κ2) is 6.53. The molecule has 0 aliphatic rings. The average Bonchev–Trinajstić information content (AvgIpc) is 2.84. The smallest absolute Gasteiger partial charge is 0.322 e. The zero-order valence-electron chi connectivity index (χ0n) is 12.6. The van der Waals surface area contributed by atoms with Crippen LogP contribution in [0.25, 0.3) is 0 Å². The van der Waals surface area contributed by atoms with E-state index in [4.69, 9.17) is 0 Å². The van der Waals surface area contributed by atoms with Gasteiger partial charge in [0.25, 0.3) is 0 Å². The van der Waals surface area contributed by atoms with Crippen molar-refractivity contribution in [2.75, 3.05) is 31.4 Å². The first-order chi connectivity index (χ1) is 9.97. The normalized spacial score (nSPS) is 10.3. The van der Waals surface area contributed by atoms with E-state index in [1.165, 1.54) is 11.2 Å². The van der Waals surface area contributed by atoms with E-state index >= 15 is 0 Å². The number of urea groups is 1. The maximum atomic E-state index is 12.2. The van der Waals surface area contributed by atoms with Crippen LogP contribution < -0.4 is 10.2 Å². The Labute approximate surface area is 128 Å². The lowest BCUT2D eigenvalue weighted by Gasteiger charge is -2.20. The van der Waals surface area contributed by atoms with Gasteiger partial charge in [-0.15, -0.1) is 11.3 Å². The van der Waals surface area contributed by atoms with Gasteiger partial charge in [0.05, 0.1) is 12.7 Å². The lowest BCUT2D eigenvalue weighted by atomic mass is 10.4. The molecule has 2 aromatic heterocycles. The van der Waals surface area contributed by atoms with Crippen LogP contribution in [0.3, 0.4) is 0 Å². The first-order valence-electron chi connectivity index (χ1n) is 6.52. The molecule has 1 N–H and O–H groups in total. The van der Waals surface area contributed by atoms with Crippen molar-refractivity contribution >= 4 is 28.9 Å². The molecule has 0 atom stereocenters. The molecule has 6 nitrogen and oxygen atoms in total. The van der Waals surface area contributed by atoms with Gasteiger partial charge in [0.2, 0.25) is 0 Å². The zero-order valence-corrected chi connectivity index (χ0v) is 13.4. The fourth-order valence-electron chi connectivity index (χ4n) is 1.85. The standard InChI is InChI=1S/C14H19N5OS/c1-10-5-6-11(21-10)8-19(4)14(20)17-12-7-15-9-16-13(12)18(2)3/h5-7,9H,8H2,1-4H3,(H,17,20). The van der Waals surface area contributed by atoms with E-state index < -0.39 is 0 Å². The molecule has 0 saturated carbocycles. The van der Waals surface area contributed by atoms with Gasteiger partial charge in [0.15, 0.2) is 5.82 Å². The molecular weight excluding hydrogens is 286 g/mol. The molecule has 112 valence electrons. The fourth-order valence-corrected chi connectivity index (χ4v) is 2.80. The van der Waals surface area contributed by atoms with E-state index in [1.54, 1.807) is 29.5 Å². The second-order valence-corrected chi connectivity index (χ2v) is 6.33. The van der Waals surface area contributed by atoms with Gasteiger partial charge in [-0.3, -0.25) is 0 Å². The van der Waals surface area contributed by atoms with Crippen molar-refractivity contribution in [3.63, 3.8) is 0 Å². The molecule has 2 amide bonds. The molecule has 2 rings (SSSR count). The average molecular weight is 305 g/mol. The molecule has 0 aliphatic carbocycles. The molecule has 2 aromatic rings. The van der Waals surface area contributed by atoms with Crippen molar-refractivity contribution in [3.8, 4) is 0 Å². The number of aromatic nitrogens is 2. The fraction of sp³-hybridized carbons (Fsp3) is 0.357. The highest BCUT2D eigenvalue weighted by Gasteiger charge is 2.14. The molecule has 21 heavy (non-hydrogen) atoms. The first-order valence-corrected chi connectivity index (χ1v) is 7.34. The number of nitrogens with one attached hydrogen (secondary N) is 1. The summed E-state index contributed by atoms with van der Waals surface area (Å²) in [5, 5.41) is 2.84. The Morgan fingerprint density at radius 1 is 1.33 bits per heavy atom. The number of carbonyl (C=O) groups is 1. The molecule has 0 radical (unpaired) electrons. The molecule has 0 saturated heterocycles. The van der Waals surface area contributed by atoms with E-state index in [1.807, 2.05) is 25.1 Å². The predicted molar refractivity (Wildman–Crippen MR) is 85.9 cm³/mol. The minimum absolute atomic E-state index is 0.182. The van der Waals surface area contributed by atoms with E-state index in [0.717, 1.165) is 4.88 Å². The molecule has 0 bridgehead atoms. The Morgan fingerprint density at radius 3 is 2.71 bits per heavy atom. The van der Waals surface area contributed by atoms with Crippen molar-refractivity contribution in [1.82, 2.24) is 14.9 Å². The minimum Gasteiger partial charge on any atom is -0.361 e. The number of aryl methyl sites for hydroxylation is 1. The largest absolute Gasteiger partial charge is 0.361 e. The number of thiophene rings is 1. The molecule has 0 spiro atoms. The third-order valence-corrected chi connectivity index (χ3v) is 3.88. The number of nitrogens with zero attached hydrogens (tertiary/aromatic N) is 4. The van der Waals surface area contributed by atoms with Crippen molar-refractivity contribution in [1.29, 1.82) is 0 Å². The number of hydrogen-bond donors (Lipinski definition) is 1. The van der Waals surface area contributed by atoms with Gasteiger partial charge < -0.3 is 15.1 Å². The summed E-state index contributed by atoms with van der Waals surface area (Å²) in [5.41, 5.74) is 0.599. The van der Waals surface area contributed by atoms with Crippen LogP contribution in [0, 0.1) is 6.92 Å². The molecule has 0 fully saturated rings. The molecular formula is C14H19N5OS. The Hall–Kier alpha value is -2.15. The Balaban J connectivity index is 2.04. The minimum atomic E-state index is -0.182. The first kappa shape index (κ1) is 15.2. The summed E-state index contributed by atoms with van der Waals surface area (Å²) in [6.07, 6.45) is 3.06. The Morgan fingerprint density at radius 2 is 2.10 bits per heavy atom. The summed E-state index contributed by atoms with van der Waals surface area (Å²) in [5.74, 6) is 0.679. The summed E-state index contributed by atoms with van der Waals surface area (Å²) in [7, 11) is 5.51. The van der Waals surface area contributed by atoms with Crippen LogP contribution in [-0.4, -0.2) is 42.0 Å². The van der Waals surface area contributed by atoms with Gasteiger partial charge in [0, 0.05) is 30.9 Å². The van der Waals surface area contributed by atoms with Gasteiger partial charge in [-0.05, 0) is 19.1 Å². The third-order valence-electron chi connectivity index (χ3n) is 2.89. The summed E-state index contributed by atoms with van der Waals surface area (Å²) in [4.78, 5) is 26.2. The van der Waals surface area contributed by atoms with Crippen LogP contribution in [-0.2, 0) is 6.54 Å². The predicted octanol–water partition coefficient (Wildman–Crippen LogP) is 2.58. The SMILES string of the molecule is Cc1ccc(CN(C)C(=O)Nc2cncnc2N(C)C)s1. The number of carbonyl (C=O) groups excluding carboxylic acids is 1. The van der Waals surface area contributed by atoms with Crippen LogP contribution in [0.4, 0.5) is 16.3 Å². The summed E-state index contributed by atoms with van der Waals surface area (Å²) >= 11 is 1.69. The Kier molecular flexibility index (Phi) is 4.74. The number of anilines is 2. The van der Waals surface area contributed by atoms with E-state index in [0.29, 0.717) is 18.1 Å². The topological polar surface area (TPSA) is 61.4 Å². The lowest BCUT2D eigenvalue weighted by molar-refractivity contribution is 0.221. The second-order valence-electron chi connectivity index (χ2n) is 4.95. The highest BCUT2D eigenvalue weighted by atomic mass is 32.1. The molecule has 2 heterocycles. The maximum absolute atomic E-state index is 12.2. The maximum Gasteiger partial charge on any atom is 0.322 e. The quantitative estimate of drug-likeness (QED) is 0.943. The van der Waals surface area contributed by atoms with Crippen LogP contribution in [0.2, 0.25) is 0 Å². The third kappa shape index (κ3) is 3.91. The van der Waals surface area contributed by atoms with Crippen molar-refractivity contribution < 1.29 is 4.79 Å². The monoisotopic (exact) mass is 305 g/mol. The number of amides is 2. The van der Waals surface area contributed by atoms with Crippen LogP contribution in [0.5, 0.6) is 0 Å². The van der Waals surface area contributed by atoms with Gasteiger partial charge in [0.1, 0.15) is 12.0 Å². The molecule has 0 aliphatic heterocycles. The summed E-state index contributed by atoms with van der Waals surface area (Å²) in [6, 6.07) is 3.92. The Bertz CT molecular complexity index is 625.